The van der Waals surface area contributed by atoms with Crippen LogP contribution >= 0.6 is 0 Å². The van der Waals surface area contributed by atoms with E-state index in [1.807, 2.05) is 0 Å². The highest BCUT2D eigenvalue weighted by Gasteiger charge is 2.76. The second-order valence-electron chi connectivity index (χ2n) is 4.56. The van der Waals surface area contributed by atoms with E-state index in [-0.39, 0.29) is 0 Å². The number of carbonyl (C=O) groups excluding carboxylic acids is 1. The molecule has 27 heavy (non-hydrogen) atoms. The van der Waals surface area contributed by atoms with Gasteiger partial charge in [-0.25, -0.2) is 13.2 Å². The van der Waals surface area contributed by atoms with Gasteiger partial charge < -0.3 is 9.47 Å². The molecule has 1 aromatic carbocycles. The number of hydrogen-bond acceptors (Lipinski definition) is 3. The fraction of sp³-hybridized carbons (Fsp3) is 0.417. The number of alkyl halides is 6. The van der Waals surface area contributed by atoms with Crippen LogP contribution in [0.25, 0.3) is 0 Å². The average Bonchev–Trinajstić information content (AvgIpc) is 2.53. The van der Waals surface area contributed by atoms with Crippen molar-refractivity contribution in [1.82, 2.24) is 0 Å². The molecule has 1 aromatic rings. The first-order valence-electron chi connectivity index (χ1n) is 6.23. The summed E-state index contributed by atoms with van der Waals surface area (Å²) >= 11 is 0. The molecule has 0 heterocycles. The van der Waals surface area contributed by atoms with E-state index in [9.17, 15) is 57.5 Å². The highest BCUT2D eigenvalue weighted by molar-refractivity contribution is 5.67. The fourth-order valence-corrected chi connectivity index (χ4v) is 1.45. The Morgan fingerprint density at radius 3 is 1.56 bits per heavy atom. The molecule has 154 valence electrons. The smallest absolute Gasteiger partial charge is 0.437 e. The number of ether oxygens (including phenoxy) is 2. The fourth-order valence-electron chi connectivity index (χ4n) is 1.45. The first-order valence-corrected chi connectivity index (χ1v) is 6.23. The Morgan fingerprint density at radius 2 is 1.19 bits per heavy atom. The molecule has 0 aliphatic rings. The Morgan fingerprint density at radius 1 is 0.778 bits per heavy atom. The monoisotopic (exact) mass is 424 g/mol. The van der Waals surface area contributed by atoms with Crippen LogP contribution in [0, 0.1) is 29.1 Å². The zero-order valence-electron chi connectivity index (χ0n) is 12.2. The molecule has 0 N–H and O–H groups in total. The number of halogens is 12. The summed E-state index contributed by atoms with van der Waals surface area (Å²) < 4.78 is 162. The van der Waals surface area contributed by atoms with Gasteiger partial charge in [0, 0.05) is 0 Å². The van der Waals surface area contributed by atoms with Gasteiger partial charge in [-0.15, -0.1) is 0 Å². The predicted molar refractivity (Wildman–Crippen MR) is 58.4 cm³/mol. The van der Waals surface area contributed by atoms with Crippen LogP contribution < -0.4 is 4.74 Å². The third-order valence-corrected chi connectivity index (χ3v) is 2.73. The van der Waals surface area contributed by atoms with Crippen molar-refractivity contribution < 1.29 is 67.0 Å². The lowest BCUT2D eigenvalue weighted by molar-refractivity contribution is -0.438. The highest BCUT2D eigenvalue weighted by Crippen LogP contribution is 2.48. The molecule has 0 spiro atoms. The summed E-state index contributed by atoms with van der Waals surface area (Å²) in [6.07, 6.45) is -14.6. The van der Waals surface area contributed by atoms with E-state index < -0.39 is 72.0 Å². The topological polar surface area (TPSA) is 35.5 Å². The minimum absolute atomic E-state index is 1.58. The summed E-state index contributed by atoms with van der Waals surface area (Å²) in [6, 6.07) is -2.36. The van der Waals surface area contributed by atoms with Crippen molar-refractivity contribution in [3.63, 3.8) is 0 Å². The normalized spacial score (nSPS) is 14.8. The van der Waals surface area contributed by atoms with E-state index >= 15 is 0 Å². The molecule has 0 saturated carbocycles. The molecule has 1 rings (SSSR count). The van der Waals surface area contributed by atoms with Crippen molar-refractivity contribution in [2.24, 2.45) is 0 Å². The Hall–Kier alpha value is -2.19. The van der Waals surface area contributed by atoms with E-state index in [1.165, 1.54) is 0 Å². The van der Waals surface area contributed by atoms with Gasteiger partial charge in [0.25, 0.3) is 0 Å². The molecule has 0 aliphatic heterocycles. The lowest BCUT2D eigenvalue weighted by atomic mass is 10.2. The molecule has 1 atom stereocenters. The molecule has 0 radical (unpaired) electrons. The van der Waals surface area contributed by atoms with Gasteiger partial charge in [0.1, 0.15) is 0 Å². The molecule has 0 amide bonds. The summed E-state index contributed by atoms with van der Waals surface area (Å²) in [6.45, 7) is -1.86. The van der Waals surface area contributed by atoms with Gasteiger partial charge in [0.15, 0.2) is 0 Å². The van der Waals surface area contributed by atoms with Gasteiger partial charge >= 0.3 is 24.2 Å². The Balaban J connectivity index is 3.45. The van der Waals surface area contributed by atoms with E-state index in [0.29, 0.717) is 0 Å². The highest BCUT2D eigenvalue weighted by atomic mass is 19.4. The number of rotatable bonds is 7. The van der Waals surface area contributed by atoms with Crippen LogP contribution in [0.15, 0.2) is 0 Å². The number of carbonyl (C=O) groups is 1. The minimum Gasteiger partial charge on any atom is -0.437 e. The molecule has 0 saturated heterocycles. The Labute approximate surface area is 140 Å². The van der Waals surface area contributed by atoms with Crippen LogP contribution in [0.4, 0.5) is 52.7 Å². The van der Waals surface area contributed by atoms with Gasteiger partial charge in [0.2, 0.25) is 34.8 Å². The third kappa shape index (κ3) is 4.22. The number of hydrogen-bond donors (Lipinski definition) is 0. The van der Waals surface area contributed by atoms with Crippen LogP contribution in [0.5, 0.6) is 5.75 Å². The SMILES string of the molecule is O=C(F)CCOC(F)(F)C(F)(Oc1c(F)c(F)c(F)c(F)c1F)C(F)(F)F. The second kappa shape index (κ2) is 7.44. The molecule has 3 nitrogen and oxygen atoms in total. The lowest BCUT2D eigenvalue weighted by Gasteiger charge is -2.34. The van der Waals surface area contributed by atoms with Gasteiger partial charge in [-0.2, -0.15) is 39.5 Å². The van der Waals surface area contributed by atoms with E-state index in [1.54, 1.807) is 0 Å². The predicted octanol–water partition coefficient (Wildman–Crippen LogP) is 4.48. The van der Waals surface area contributed by atoms with Crippen molar-refractivity contribution in [3.05, 3.63) is 29.1 Å². The summed E-state index contributed by atoms with van der Waals surface area (Å²) in [5, 5.41) is 0. The van der Waals surface area contributed by atoms with Crippen LogP contribution in [-0.2, 0) is 9.53 Å². The zero-order valence-corrected chi connectivity index (χ0v) is 12.2. The largest absolute Gasteiger partial charge is 0.470 e. The van der Waals surface area contributed by atoms with Gasteiger partial charge in [0.05, 0.1) is 13.0 Å². The molecule has 1 unspecified atom stereocenters. The minimum atomic E-state index is -6.86. The first-order chi connectivity index (χ1) is 12.1. The average molecular weight is 424 g/mol. The quantitative estimate of drug-likeness (QED) is 0.280. The Bertz CT molecular complexity index is 702. The van der Waals surface area contributed by atoms with Gasteiger partial charge in [-0.3, -0.25) is 4.79 Å². The van der Waals surface area contributed by atoms with Crippen molar-refractivity contribution in [1.29, 1.82) is 0 Å². The first kappa shape index (κ1) is 22.9. The third-order valence-electron chi connectivity index (χ3n) is 2.73. The maximum Gasteiger partial charge on any atom is 0.470 e. The second-order valence-corrected chi connectivity index (χ2v) is 4.56. The summed E-state index contributed by atoms with van der Waals surface area (Å²) in [4.78, 5) is 9.91. The molecule has 0 bridgehead atoms. The maximum absolute atomic E-state index is 13.9. The van der Waals surface area contributed by atoms with Crippen LogP contribution in [0.2, 0.25) is 0 Å². The summed E-state index contributed by atoms with van der Waals surface area (Å²) in [5.74, 6) is -24.6. The van der Waals surface area contributed by atoms with E-state index in [4.69, 9.17) is 0 Å². The standard InChI is InChI=1S/C12H4F12O3/c13-3(25)1-2-26-12(23,24)10(19,11(20,21)22)27-9-7(17)5(15)4(14)6(16)8(9)18/h1-2H2. The molecular weight excluding hydrogens is 420 g/mol. The molecule has 0 aromatic heterocycles. The van der Waals surface area contributed by atoms with Crippen molar-refractivity contribution in [2.75, 3.05) is 6.61 Å². The van der Waals surface area contributed by atoms with Crippen LogP contribution in [0.1, 0.15) is 6.42 Å². The molecule has 0 fully saturated rings. The van der Waals surface area contributed by atoms with Crippen LogP contribution in [-0.4, -0.2) is 30.8 Å². The summed E-state index contributed by atoms with van der Waals surface area (Å²) in [5.41, 5.74) is 0. The Kier molecular flexibility index (Phi) is 6.30. The maximum atomic E-state index is 13.9. The molecular formula is C12H4F12O3. The van der Waals surface area contributed by atoms with Crippen molar-refractivity contribution in [3.8, 4) is 5.75 Å². The molecule has 0 aliphatic carbocycles. The molecule has 15 heteroatoms. The van der Waals surface area contributed by atoms with Crippen LogP contribution in [0.3, 0.4) is 0 Å². The van der Waals surface area contributed by atoms with E-state index in [0.717, 1.165) is 0 Å². The zero-order chi connectivity index (χ0) is 21.4. The van der Waals surface area contributed by atoms with E-state index in [2.05, 4.69) is 9.47 Å². The van der Waals surface area contributed by atoms with Crippen molar-refractivity contribution >= 4 is 6.04 Å². The van der Waals surface area contributed by atoms with Gasteiger partial charge in [-0.05, 0) is 0 Å². The van der Waals surface area contributed by atoms with Crippen molar-refractivity contribution in [2.45, 2.75) is 24.6 Å². The van der Waals surface area contributed by atoms with Gasteiger partial charge in [-0.1, -0.05) is 0 Å². The lowest BCUT2D eigenvalue weighted by Crippen LogP contribution is -2.61. The number of benzene rings is 1. The summed E-state index contributed by atoms with van der Waals surface area (Å²) in [7, 11) is 0.